The zero-order chi connectivity index (χ0) is 11.9. The van der Waals surface area contributed by atoms with Crippen molar-refractivity contribution in [2.45, 2.75) is 35.9 Å². The molecule has 1 aliphatic carbocycles. The molecule has 2 atom stereocenters. The molecule has 2 unspecified atom stereocenters. The van der Waals surface area contributed by atoms with E-state index < -0.39 is 36.8 Å². The van der Waals surface area contributed by atoms with Crippen molar-refractivity contribution in [2.75, 3.05) is 0 Å². The maximum Gasteiger partial charge on any atom is 0.270 e. The molecular weight excluding hydrogens is 248 g/mol. The Kier molecular flexibility index (Phi) is 3.41. The van der Waals surface area contributed by atoms with Gasteiger partial charge in [-0.05, 0) is 12.8 Å². The summed E-state index contributed by atoms with van der Waals surface area (Å²) in [6.07, 6.45) is -1.63. The van der Waals surface area contributed by atoms with Crippen molar-refractivity contribution in [1.29, 1.82) is 0 Å². The molecule has 7 nitrogen and oxygen atoms in total. The Morgan fingerprint density at radius 2 is 1.20 bits per heavy atom. The lowest BCUT2D eigenvalue weighted by molar-refractivity contribution is 0.130. The normalized spacial score (nSPS) is 33.9. The Hall–Kier alpha value is -0.220. The fourth-order valence-electron chi connectivity index (χ4n) is 1.75. The zero-order valence-corrected chi connectivity index (χ0v) is 9.28. The highest BCUT2D eigenvalue weighted by Gasteiger charge is 2.44. The molecule has 0 aliphatic heterocycles. The van der Waals surface area contributed by atoms with Crippen molar-refractivity contribution in [1.82, 2.24) is 0 Å². The third-order valence-electron chi connectivity index (χ3n) is 2.50. The molecule has 0 heterocycles. The van der Waals surface area contributed by atoms with Gasteiger partial charge in [0, 0.05) is 0 Å². The van der Waals surface area contributed by atoms with Crippen LogP contribution in [0, 0.1) is 0 Å². The molecular formula is C6H12O7S2. The third kappa shape index (κ3) is 2.88. The highest BCUT2D eigenvalue weighted by molar-refractivity contribution is 7.87. The zero-order valence-electron chi connectivity index (χ0n) is 7.64. The number of hydrogen-bond donors (Lipinski definition) is 3. The van der Waals surface area contributed by atoms with Crippen LogP contribution in [0.5, 0.6) is 0 Å². The Morgan fingerprint density at radius 3 is 1.47 bits per heavy atom. The van der Waals surface area contributed by atoms with Gasteiger partial charge in [-0.2, -0.15) is 16.8 Å². The minimum absolute atomic E-state index is 0.0218. The van der Waals surface area contributed by atoms with E-state index in [-0.39, 0.29) is 19.3 Å². The lowest BCUT2D eigenvalue weighted by Crippen LogP contribution is -2.48. The van der Waals surface area contributed by atoms with Crippen LogP contribution in [-0.2, 0) is 20.2 Å². The molecule has 1 aliphatic rings. The van der Waals surface area contributed by atoms with Gasteiger partial charge in [0.05, 0.1) is 6.10 Å². The van der Waals surface area contributed by atoms with Crippen LogP contribution in [0.15, 0.2) is 0 Å². The number of aliphatic hydroxyl groups excluding tert-OH is 1. The summed E-state index contributed by atoms with van der Waals surface area (Å²) in [6, 6.07) is 0. The molecule has 0 aromatic heterocycles. The molecule has 0 aromatic carbocycles. The van der Waals surface area contributed by atoms with E-state index in [9.17, 15) is 21.9 Å². The van der Waals surface area contributed by atoms with Gasteiger partial charge < -0.3 is 5.11 Å². The highest BCUT2D eigenvalue weighted by Crippen LogP contribution is 2.28. The van der Waals surface area contributed by atoms with Gasteiger partial charge in [-0.3, -0.25) is 9.11 Å². The van der Waals surface area contributed by atoms with Gasteiger partial charge in [0.25, 0.3) is 20.2 Å². The largest absolute Gasteiger partial charge is 0.390 e. The summed E-state index contributed by atoms with van der Waals surface area (Å²) in [7, 11) is -8.99. The average Bonchev–Trinajstić information content (AvgIpc) is 1.99. The van der Waals surface area contributed by atoms with Crippen LogP contribution in [0.4, 0.5) is 0 Å². The molecule has 1 fully saturated rings. The first-order valence-corrected chi connectivity index (χ1v) is 7.25. The summed E-state index contributed by atoms with van der Waals surface area (Å²) in [5.74, 6) is 0. The van der Waals surface area contributed by atoms with Crippen LogP contribution in [0.25, 0.3) is 0 Å². The second-order valence-electron chi connectivity index (χ2n) is 3.53. The summed E-state index contributed by atoms with van der Waals surface area (Å²) in [5.41, 5.74) is 0. The SMILES string of the molecule is O=S(=O)(O)C1CCCC(S(=O)(=O)O)C1O. The van der Waals surface area contributed by atoms with Crippen LogP contribution in [0.3, 0.4) is 0 Å². The highest BCUT2D eigenvalue weighted by atomic mass is 32.2. The van der Waals surface area contributed by atoms with Gasteiger partial charge in [-0.1, -0.05) is 6.42 Å². The van der Waals surface area contributed by atoms with E-state index in [1.807, 2.05) is 0 Å². The standard InChI is InChI=1S/C6H12O7S2/c7-6-4(14(8,9)10)2-1-3-5(6)15(11,12)13/h4-7H,1-3H2,(H,8,9,10)(H,11,12,13). The topological polar surface area (TPSA) is 129 Å². The molecule has 0 amide bonds. The Bertz CT molecular complexity index is 382. The second-order valence-corrected chi connectivity index (χ2v) is 6.80. The average molecular weight is 260 g/mol. The molecule has 0 spiro atoms. The van der Waals surface area contributed by atoms with Crippen molar-refractivity contribution in [3.8, 4) is 0 Å². The molecule has 1 rings (SSSR count). The van der Waals surface area contributed by atoms with E-state index in [0.29, 0.717) is 0 Å². The first kappa shape index (κ1) is 12.8. The molecule has 0 bridgehead atoms. The molecule has 1 saturated carbocycles. The van der Waals surface area contributed by atoms with E-state index in [0.717, 1.165) is 0 Å². The predicted molar refractivity (Wildman–Crippen MR) is 50.5 cm³/mol. The minimum atomic E-state index is -4.49. The summed E-state index contributed by atoms with van der Waals surface area (Å²) >= 11 is 0. The molecule has 90 valence electrons. The fourth-order valence-corrected chi connectivity index (χ4v) is 3.86. The van der Waals surface area contributed by atoms with Gasteiger partial charge in [-0.25, -0.2) is 0 Å². The van der Waals surface area contributed by atoms with Crippen LogP contribution >= 0.6 is 0 Å². The molecule has 3 N–H and O–H groups in total. The minimum Gasteiger partial charge on any atom is -0.390 e. The maximum absolute atomic E-state index is 10.8. The van der Waals surface area contributed by atoms with Crippen molar-refractivity contribution in [3.05, 3.63) is 0 Å². The van der Waals surface area contributed by atoms with Gasteiger partial charge in [-0.15, -0.1) is 0 Å². The van der Waals surface area contributed by atoms with Gasteiger partial charge in [0.1, 0.15) is 10.5 Å². The molecule has 15 heavy (non-hydrogen) atoms. The fraction of sp³-hybridized carbons (Fsp3) is 1.00. The number of rotatable bonds is 2. The van der Waals surface area contributed by atoms with Crippen molar-refractivity contribution < 1.29 is 31.0 Å². The Labute approximate surface area is 87.6 Å². The molecule has 0 aromatic rings. The first-order chi connectivity index (χ1) is 6.64. The third-order valence-corrected chi connectivity index (χ3v) is 5.06. The maximum atomic E-state index is 10.8. The Morgan fingerprint density at radius 1 is 0.867 bits per heavy atom. The van der Waals surface area contributed by atoms with Crippen LogP contribution in [0.2, 0.25) is 0 Å². The van der Waals surface area contributed by atoms with E-state index in [4.69, 9.17) is 9.11 Å². The van der Waals surface area contributed by atoms with E-state index in [2.05, 4.69) is 0 Å². The molecule has 9 heteroatoms. The monoisotopic (exact) mass is 260 g/mol. The van der Waals surface area contributed by atoms with Gasteiger partial charge in [0.2, 0.25) is 0 Å². The summed E-state index contributed by atoms with van der Waals surface area (Å²) in [5, 5.41) is 6.33. The van der Waals surface area contributed by atoms with E-state index in [1.165, 1.54) is 0 Å². The van der Waals surface area contributed by atoms with Crippen molar-refractivity contribution in [2.24, 2.45) is 0 Å². The van der Waals surface area contributed by atoms with Crippen molar-refractivity contribution in [3.63, 3.8) is 0 Å². The summed E-state index contributed by atoms with van der Waals surface area (Å²) in [4.78, 5) is 0. The molecule has 0 radical (unpaired) electrons. The number of hydrogen-bond acceptors (Lipinski definition) is 5. The number of aliphatic hydroxyl groups is 1. The predicted octanol–water partition coefficient (Wildman–Crippen LogP) is -0.956. The van der Waals surface area contributed by atoms with Crippen LogP contribution in [0.1, 0.15) is 19.3 Å². The van der Waals surface area contributed by atoms with E-state index in [1.54, 1.807) is 0 Å². The summed E-state index contributed by atoms with van der Waals surface area (Å²) < 4.78 is 60.6. The van der Waals surface area contributed by atoms with Crippen molar-refractivity contribution >= 4 is 20.2 Å². The lowest BCUT2D eigenvalue weighted by atomic mass is 9.97. The lowest BCUT2D eigenvalue weighted by Gasteiger charge is -2.30. The van der Waals surface area contributed by atoms with Crippen LogP contribution < -0.4 is 0 Å². The van der Waals surface area contributed by atoms with Crippen LogP contribution in [-0.4, -0.2) is 47.7 Å². The second kappa shape index (κ2) is 3.98. The van der Waals surface area contributed by atoms with Gasteiger partial charge >= 0.3 is 0 Å². The molecule has 0 saturated heterocycles. The Balaban J connectivity index is 3.00. The summed E-state index contributed by atoms with van der Waals surface area (Å²) in [6.45, 7) is 0. The first-order valence-electron chi connectivity index (χ1n) is 4.24. The smallest absolute Gasteiger partial charge is 0.270 e. The van der Waals surface area contributed by atoms with E-state index >= 15 is 0 Å². The van der Waals surface area contributed by atoms with Gasteiger partial charge in [0.15, 0.2) is 0 Å². The quantitative estimate of drug-likeness (QED) is 0.545.